The molecule has 0 atom stereocenters. The molecule has 0 radical (unpaired) electrons. The zero-order valence-electron chi connectivity index (χ0n) is 12.7. The van der Waals surface area contributed by atoms with E-state index in [1.54, 1.807) is 0 Å². The van der Waals surface area contributed by atoms with E-state index in [-0.39, 0.29) is 15.7 Å². The summed E-state index contributed by atoms with van der Waals surface area (Å²) in [6.07, 6.45) is 0. The minimum absolute atomic E-state index is 0.263. The van der Waals surface area contributed by atoms with Gasteiger partial charge in [-0.05, 0) is 41.0 Å². The number of alkyl halides is 2. The van der Waals surface area contributed by atoms with Crippen LogP contribution in [0.5, 0.6) is 0 Å². The third-order valence-electron chi connectivity index (χ3n) is 5.25. The van der Waals surface area contributed by atoms with E-state index in [1.807, 2.05) is 0 Å². The minimum Gasteiger partial charge on any atom is -0.385 e. The van der Waals surface area contributed by atoms with Crippen LogP contribution in [0.4, 0.5) is 14.5 Å². The first-order valence-electron chi connectivity index (χ1n) is 6.87. The number of nitrogens with one attached hydrogen (secondary N) is 1. The van der Waals surface area contributed by atoms with Crippen LogP contribution >= 0.6 is 0 Å². The highest BCUT2D eigenvalue weighted by Crippen LogP contribution is 2.68. The fraction of sp³-hybridized carbons (Fsp3) is 0.600. The summed E-state index contributed by atoms with van der Waals surface area (Å²) in [5.41, 5.74) is 1.26. The highest BCUT2D eigenvalue weighted by molar-refractivity contribution is 7.91. The van der Waals surface area contributed by atoms with E-state index in [9.17, 15) is 17.2 Å². The van der Waals surface area contributed by atoms with Gasteiger partial charge in [0.05, 0.1) is 4.90 Å². The molecule has 1 aromatic rings. The summed E-state index contributed by atoms with van der Waals surface area (Å²) in [5.74, 6) is -2.86. The third kappa shape index (κ3) is 2.65. The lowest BCUT2D eigenvalue weighted by Gasteiger charge is -2.09. The molecule has 0 aromatic heterocycles. The summed E-state index contributed by atoms with van der Waals surface area (Å²) in [6.45, 7) is 9.66. The van der Waals surface area contributed by atoms with Crippen LogP contribution in [0.2, 0.25) is 0 Å². The maximum absolute atomic E-state index is 12.4. The van der Waals surface area contributed by atoms with Gasteiger partial charge in [0.25, 0.3) is 0 Å². The van der Waals surface area contributed by atoms with Gasteiger partial charge in [-0.2, -0.15) is 8.78 Å². The lowest BCUT2D eigenvalue weighted by Crippen LogP contribution is -2.12. The molecule has 0 heterocycles. The predicted molar refractivity (Wildman–Crippen MR) is 79.2 cm³/mol. The van der Waals surface area contributed by atoms with Crippen molar-refractivity contribution in [2.45, 2.75) is 38.3 Å². The lowest BCUT2D eigenvalue weighted by molar-refractivity contribution is 0.234. The van der Waals surface area contributed by atoms with Gasteiger partial charge >= 0.3 is 5.76 Å². The molecule has 1 aliphatic carbocycles. The lowest BCUT2D eigenvalue weighted by atomic mass is 10.0. The molecule has 1 aromatic carbocycles. The summed E-state index contributed by atoms with van der Waals surface area (Å²) in [7, 11) is -4.51. The van der Waals surface area contributed by atoms with Crippen molar-refractivity contribution in [3.63, 3.8) is 0 Å². The molecule has 21 heavy (non-hydrogen) atoms. The Labute approximate surface area is 124 Å². The van der Waals surface area contributed by atoms with E-state index in [2.05, 4.69) is 33.0 Å². The van der Waals surface area contributed by atoms with Gasteiger partial charge in [0.15, 0.2) is 0 Å². The topological polar surface area (TPSA) is 46.2 Å². The monoisotopic (exact) mass is 317 g/mol. The average molecular weight is 317 g/mol. The molecule has 1 fully saturated rings. The molecule has 1 saturated carbocycles. The van der Waals surface area contributed by atoms with Crippen LogP contribution in [0, 0.1) is 16.7 Å². The number of hydrogen-bond acceptors (Lipinski definition) is 3. The Bertz CT molecular complexity index is 608. The Morgan fingerprint density at radius 3 is 1.95 bits per heavy atom. The first-order valence-corrected chi connectivity index (χ1v) is 8.42. The number of hydrogen-bond donors (Lipinski definition) is 1. The fourth-order valence-corrected chi connectivity index (χ4v) is 3.65. The number of rotatable bonds is 5. The van der Waals surface area contributed by atoms with Crippen LogP contribution < -0.4 is 5.32 Å². The fourth-order valence-electron chi connectivity index (χ4n) is 2.93. The van der Waals surface area contributed by atoms with Crippen LogP contribution in [0.1, 0.15) is 27.7 Å². The number of halogens is 2. The zero-order valence-corrected chi connectivity index (χ0v) is 13.5. The Hall–Kier alpha value is -1.17. The molecule has 2 rings (SSSR count). The highest BCUT2D eigenvalue weighted by atomic mass is 32.2. The molecule has 1 N–H and O–H groups in total. The summed E-state index contributed by atoms with van der Waals surface area (Å²) in [5, 5.41) is 3.24. The van der Waals surface area contributed by atoms with Crippen molar-refractivity contribution < 1.29 is 17.2 Å². The van der Waals surface area contributed by atoms with Gasteiger partial charge in [0.2, 0.25) is 9.84 Å². The Balaban J connectivity index is 2.02. The Kier molecular flexibility index (Phi) is 3.81. The van der Waals surface area contributed by atoms with Gasteiger partial charge < -0.3 is 5.32 Å². The van der Waals surface area contributed by atoms with Crippen molar-refractivity contribution in [2.75, 3.05) is 11.9 Å². The van der Waals surface area contributed by atoms with Gasteiger partial charge in [-0.25, -0.2) is 8.42 Å². The van der Waals surface area contributed by atoms with E-state index in [0.29, 0.717) is 5.92 Å². The van der Waals surface area contributed by atoms with E-state index in [0.717, 1.165) is 12.2 Å². The van der Waals surface area contributed by atoms with Crippen molar-refractivity contribution in [1.82, 2.24) is 0 Å². The Morgan fingerprint density at radius 1 is 1.10 bits per heavy atom. The molecule has 0 bridgehead atoms. The van der Waals surface area contributed by atoms with Gasteiger partial charge in [0, 0.05) is 12.2 Å². The predicted octanol–water partition coefficient (Wildman–Crippen LogP) is 3.78. The van der Waals surface area contributed by atoms with E-state index >= 15 is 0 Å². The summed E-state index contributed by atoms with van der Waals surface area (Å²) in [4.78, 5) is -0.352. The standard InChI is InChI=1S/C15H21F2NO2S/c1-14(2)12(15(14,3)4)9-18-10-5-7-11(8-6-10)21(19,20)13(16)17/h5-8,12-13,18H,9H2,1-4H3. The second-order valence-electron chi connectivity index (χ2n) is 6.71. The third-order valence-corrected chi connectivity index (χ3v) is 6.65. The molecule has 3 nitrogen and oxygen atoms in total. The molecular formula is C15H21F2NO2S. The molecule has 0 saturated heterocycles. The molecule has 0 aliphatic heterocycles. The SMILES string of the molecule is CC1(C)C(CNc2ccc(S(=O)(=O)C(F)F)cc2)C1(C)C. The normalized spacial score (nSPS) is 20.5. The van der Waals surface area contributed by atoms with Crippen molar-refractivity contribution in [1.29, 1.82) is 0 Å². The van der Waals surface area contributed by atoms with Crippen LogP contribution in [0.15, 0.2) is 29.2 Å². The molecule has 0 spiro atoms. The molecular weight excluding hydrogens is 296 g/mol. The van der Waals surface area contributed by atoms with Crippen molar-refractivity contribution in [3.05, 3.63) is 24.3 Å². The first kappa shape index (κ1) is 16.2. The molecule has 118 valence electrons. The largest absolute Gasteiger partial charge is 0.385 e. The van der Waals surface area contributed by atoms with Crippen molar-refractivity contribution in [3.8, 4) is 0 Å². The quantitative estimate of drug-likeness (QED) is 0.899. The minimum atomic E-state index is -4.51. The summed E-state index contributed by atoms with van der Waals surface area (Å²) in [6, 6.07) is 5.48. The Morgan fingerprint density at radius 2 is 1.57 bits per heavy atom. The van der Waals surface area contributed by atoms with Crippen molar-refractivity contribution >= 4 is 15.5 Å². The number of benzene rings is 1. The maximum Gasteiger partial charge on any atom is 0.341 e. The van der Waals surface area contributed by atoms with Crippen LogP contribution in [0.25, 0.3) is 0 Å². The summed E-state index contributed by atoms with van der Waals surface area (Å²) >= 11 is 0. The van der Waals surface area contributed by atoms with Gasteiger partial charge in [-0.3, -0.25) is 0 Å². The van der Waals surface area contributed by atoms with Gasteiger partial charge in [-0.1, -0.05) is 27.7 Å². The van der Waals surface area contributed by atoms with E-state index in [4.69, 9.17) is 0 Å². The molecule has 1 aliphatic rings. The molecule has 0 amide bonds. The van der Waals surface area contributed by atoms with Crippen molar-refractivity contribution in [2.24, 2.45) is 16.7 Å². The smallest absolute Gasteiger partial charge is 0.341 e. The average Bonchev–Trinajstić information content (AvgIpc) is 2.77. The number of sulfone groups is 1. The van der Waals surface area contributed by atoms with Crippen LogP contribution in [0.3, 0.4) is 0 Å². The zero-order chi connectivity index (χ0) is 16.1. The second-order valence-corrected chi connectivity index (χ2v) is 8.62. The maximum atomic E-state index is 12.4. The molecule has 0 unspecified atom stereocenters. The first-order chi connectivity index (χ1) is 9.51. The second kappa shape index (κ2) is 4.93. The van der Waals surface area contributed by atoms with E-state index < -0.39 is 15.6 Å². The van der Waals surface area contributed by atoms with Crippen LogP contribution in [-0.2, 0) is 9.84 Å². The highest BCUT2D eigenvalue weighted by Gasteiger charge is 2.63. The van der Waals surface area contributed by atoms with E-state index in [1.165, 1.54) is 24.3 Å². The molecule has 6 heteroatoms. The van der Waals surface area contributed by atoms with Gasteiger partial charge in [-0.15, -0.1) is 0 Å². The van der Waals surface area contributed by atoms with Crippen LogP contribution in [-0.4, -0.2) is 20.7 Å². The van der Waals surface area contributed by atoms with Gasteiger partial charge in [0.1, 0.15) is 0 Å². The number of anilines is 1. The summed E-state index contributed by atoms with van der Waals surface area (Å²) < 4.78 is 47.5.